The molecule has 0 aromatic heterocycles. The van der Waals surface area contributed by atoms with Crippen LogP contribution in [-0.4, -0.2) is 12.5 Å². The van der Waals surface area contributed by atoms with Crippen molar-refractivity contribution in [3.8, 4) is 0 Å². The quantitative estimate of drug-likeness (QED) is 0.793. The predicted octanol–water partition coefficient (Wildman–Crippen LogP) is 4.57. The molecule has 0 unspecified atom stereocenters. The maximum absolute atomic E-state index is 11.9. The molecule has 20 heavy (non-hydrogen) atoms. The summed E-state index contributed by atoms with van der Waals surface area (Å²) in [5.41, 5.74) is 2.82. The molecule has 2 N–H and O–H groups in total. The van der Waals surface area contributed by atoms with Crippen LogP contribution in [0.1, 0.15) is 5.56 Å². The zero-order valence-corrected chi connectivity index (χ0v) is 14.1. The maximum Gasteiger partial charge on any atom is 0.243 e. The van der Waals surface area contributed by atoms with Crippen LogP contribution in [0.15, 0.2) is 51.4 Å². The Morgan fingerprint density at radius 1 is 1.10 bits per heavy atom. The number of hydrogen-bond donors (Lipinski definition) is 2. The maximum atomic E-state index is 11.9. The summed E-state index contributed by atoms with van der Waals surface area (Å²) in [6.45, 7) is 2.22. The Bertz CT molecular complexity index is 629. The van der Waals surface area contributed by atoms with Gasteiger partial charge in [-0.3, -0.25) is 4.79 Å². The number of halogens is 2. The molecule has 0 aliphatic rings. The molecule has 0 heterocycles. The number of carbonyl (C=O) groups excluding carboxylic acids is 1. The number of para-hydroxylation sites is 1. The summed E-state index contributed by atoms with van der Waals surface area (Å²) in [4.78, 5) is 11.9. The highest BCUT2D eigenvalue weighted by Gasteiger charge is 2.06. The van der Waals surface area contributed by atoms with Crippen molar-refractivity contribution in [2.24, 2.45) is 0 Å². The summed E-state index contributed by atoms with van der Waals surface area (Å²) in [6.07, 6.45) is 0. The van der Waals surface area contributed by atoms with Crippen LogP contribution >= 0.6 is 31.9 Å². The van der Waals surface area contributed by atoms with Crippen LogP contribution in [0.2, 0.25) is 0 Å². The standard InChI is InChI=1S/C15H14Br2N2O/c1-10-8-11(16)6-7-13(10)18-9-15(20)19-14-5-3-2-4-12(14)17/h2-8,18H,9H2,1H3,(H,19,20). The lowest BCUT2D eigenvalue weighted by molar-refractivity contribution is -0.114. The molecule has 2 aromatic carbocycles. The first-order valence-electron chi connectivity index (χ1n) is 6.10. The molecule has 0 atom stereocenters. The van der Waals surface area contributed by atoms with E-state index in [0.29, 0.717) is 0 Å². The number of hydrogen-bond acceptors (Lipinski definition) is 2. The van der Waals surface area contributed by atoms with Gasteiger partial charge in [0.05, 0.1) is 12.2 Å². The minimum Gasteiger partial charge on any atom is -0.376 e. The van der Waals surface area contributed by atoms with Crippen LogP contribution in [0, 0.1) is 6.92 Å². The van der Waals surface area contributed by atoms with Gasteiger partial charge in [0.15, 0.2) is 0 Å². The second-order valence-electron chi connectivity index (χ2n) is 4.34. The Kier molecular flexibility index (Phi) is 5.20. The van der Waals surface area contributed by atoms with E-state index in [1.54, 1.807) is 0 Å². The van der Waals surface area contributed by atoms with E-state index in [-0.39, 0.29) is 12.5 Å². The first kappa shape index (κ1) is 15.1. The molecule has 0 spiro atoms. The first-order valence-corrected chi connectivity index (χ1v) is 7.69. The van der Waals surface area contributed by atoms with Gasteiger partial charge in [0.25, 0.3) is 0 Å². The van der Waals surface area contributed by atoms with Gasteiger partial charge in [-0.25, -0.2) is 0 Å². The minimum atomic E-state index is -0.0841. The first-order chi connectivity index (χ1) is 9.56. The lowest BCUT2D eigenvalue weighted by Crippen LogP contribution is -2.22. The fourth-order valence-electron chi connectivity index (χ4n) is 1.76. The van der Waals surface area contributed by atoms with Gasteiger partial charge in [0.1, 0.15) is 0 Å². The molecule has 2 rings (SSSR count). The zero-order chi connectivity index (χ0) is 14.5. The Hall–Kier alpha value is -1.33. The number of anilines is 2. The summed E-state index contributed by atoms with van der Waals surface area (Å²) in [7, 11) is 0. The number of amides is 1. The number of carbonyl (C=O) groups is 1. The van der Waals surface area contributed by atoms with Crippen molar-refractivity contribution >= 4 is 49.1 Å². The predicted molar refractivity (Wildman–Crippen MR) is 90.1 cm³/mol. The highest BCUT2D eigenvalue weighted by molar-refractivity contribution is 9.10. The molecule has 3 nitrogen and oxygen atoms in total. The van der Waals surface area contributed by atoms with Crippen molar-refractivity contribution in [1.29, 1.82) is 0 Å². The van der Waals surface area contributed by atoms with Gasteiger partial charge < -0.3 is 10.6 Å². The molecule has 0 fully saturated rings. The van der Waals surface area contributed by atoms with E-state index >= 15 is 0 Å². The molecule has 0 aliphatic carbocycles. The van der Waals surface area contributed by atoms with Crippen LogP contribution in [0.3, 0.4) is 0 Å². The average molecular weight is 398 g/mol. The van der Waals surface area contributed by atoms with Gasteiger partial charge in [-0.1, -0.05) is 28.1 Å². The third-order valence-corrected chi connectivity index (χ3v) is 3.96. The lowest BCUT2D eigenvalue weighted by atomic mass is 10.2. The summed E-state index contributed by atoms with van der Waals surface area (Å²) in [5, 5.41) is 5.99. The van der Waals surface area contributed by atoms with Gasteiger partial charge in [-0.2, -0.15) is 0 Å². The Balaban J connectivity index is 1.94. The van der Waals surface area contributed by atoms with Crippen LogP contribution in [-0.2, 0) is 4.79 Å². The normalized spacial score (nSPS) is 10.2. The molecule has 104 valence electrons. The zero-order valence-electron chi connectivity index (χ0n) is 10.9. The van der Waals surface area contributed by atoms with Gasteiger partial charge in [-0.05, 0) is 58.7 Å². The fraction of sp³-hybridized carbons (Fsp3) is 0.133. The Labute approximate surface area is 135 Å². The summed E-state index contributed by atoms with van der Waals surface area (Å²) >= 11 is 6.82. The van der Waals surface area contributed by atoms with Crippen molar-refractivity contribution in [3.05, 3.63) is 57.0 Å². The smallest absolute Gasteiger partial charge is 0.243 e. The largest absolute Gasteiger partial charge is 0.376 e. The monoisotopic (exact) mass is 396 g/mol. The van der Waals surface area contributed by atoms with Crippen molar-refractivity contribution in [1.82, 2.24) is 0 Å². The van der Waals surface area contributed by atoms with Crippen molar-refractivity contribution in [2.75, 3.05) is 17.2 Å². The molecule has 0 radical (unpaired) electrons. The number of nitrogens with one attached hydrogen (secondary N) is 2. The third kappa shape index (κ3) is 4.08. The summed E-state index contributed by atoms with van der Waals surface area (Å²) < 4.78 is 1.89. The minimum absolute atomic E-state index is 0.0841. The van der Waals surface area contributed by atoms with Gasteiger partial charge in [0.2, 0.25) is 5.91 Å². The molecule has 0 saturated carbocycles. The molecule has 2 aromatic rings. The molecule has 0 aliphatic heterocycles. The summed E-state index contributed by atoms with van der Waals surface area (Å²) in [5.74, 6) is -0.0841. The van der Waals surface area contributed by atoms with Crippen molar-refractivity contribution in [3.63, 3.8) is 0 Å². The molecular formula is C15H14Br2N2O. The van der Waals surface area contributed by atoms with Crippen molar-refractivity contribution in [2.45, 2.75) is 6.92 Å². The van der Waals surface area contributed by atoms with E-state index in [1.165, 1.54) is 0 Å². The average Bonchev–Trinajstić information content (AvgIpc) is 2.40. The number of benzene rings is 2. The lowest BCUT2D eigenvalue weighted by Gasteiger charge is -2.11. The van der Waals surface area contributed by atoms with Gasteiger partial charge in [-0.15, -0.1) is 0 Å². The molecule has 0 saturated heterocycles. The van der Waals surface area contributed by atoms with Crippen molar-refractivity contribution < 1.29 is 4.79 Å². The second-order valence-corrected chi connectivity index (χ2v) is 6.11. The van der Waals surface area contributed by atoms with Crippen LogP contribution in [0.5, 0.6) is 0 Å². The highest BCUT2D eigenvalue weighted by Crippen LogP contribution is 2.22. The van der Waals surface area contributed by atoms with Gasteiger partial charge >= 0.3 is 0 Å². The van der Waals surface area contributed by atoms with E-state index < -0.39 is 0 Å². The van der Waals surface area contributed by atoms with E-state index in [0.717, 1.165) is 25.9 Å². The second kappa shape index (κ2) is 6.90. The van der Waals surface area contributed by atoms with E-state index in [1.807, 2.05) is 49.4 Å². The summed E-state index contributed by atoms with van der Waals surface area (Å²) in [6, 6.07) is 13.4. The van der Waals surface area contributed by atoms with E-state index in [2.05, 4.69) is 42.5 Å². The molecule has 0 bridgehead atoms. The van der Waals surface area contributed by atoms with Crippen LogP contribution < -0.4 is 10.6 Å². The van der Waals surface area contributed by atoms with Crippen LogP contribution in [0.25, 0.3) is 0 Å². The SMILES string of the molecule is Cc1cc(Br)ccc1NCC(=O)Nc1ccccc1Br. The fourth-order valence-corrected chi connectivity index (χ4v) is 2.62. The molecule has 1 amide bonds. The van der Waals surface area contributed by atoms with Gasteiger partial charge in [0, 0.05) is 14.6 Å². The third-order valence-electron chi connectivity index (χ3n) is 2.78. The van der Waals surface area contributed by atoms with Crippen LogP contribution in [0.4, 0.5) is 11.4 Å². The Morgan fingerprint density at radius 3 is 2.55 bits per heavy atom. The highest BCUT2D eigenvalue weighted by atomic mass is 79.9. The topological polar surface area (TPSA) is 41.1 Å². The number of rotatable bonds is 4. The molecule has 5 heteroatoms. The Morgan fingerprint density at radius 2 is 1.85 bits per heavy atom. The number of aryl methyl sites for hydroxylation is 1. The van der Waals surface area contributed by atoms with E-state index in [9.17, 15) is 4.79 Å². The molecular weight excluding hydrogens is 384 g/mol. The van der Waals surface area contributed by atoms with E-state index in [4.69, 9.17) is 0 Å².